The molecule has 0 atom stereocenters. The summed E-state index contributed by atoms with van der Waals surface area (Å²) in [7, 11) is 0. The van der Waals surface area contributed by atoms with Gasteiger partial charge in [-0.25, -0.2) is 0 Å². The SMILES string of the molecule is CCCCCCCCOc1ccc(-c2ccc(/C=C/COC(C)=O)cc2)cc1. The number of ether oxygens (including phenoxy) is 2. The lowest BCUT2D eigenvalue weighted by Gasteiger charge is -2.08. The van der Waals surface area contributed by atoms with Crippen LogP contribution in [0, 0.1) is 0 Å². The molecular formula is C25H32O3. The molecule has 0 spiro atoms. The molecule has 3 heteroatoms. The van der Waals surface area contributed by atoms with E-state index in [-0.39, 0.29) is 5.97 Å². The van der Waals surface area contributed by atoms with Crippen molar-refractivity contribution in [1.29, 1.82) is 0 Å². The molecule has 0 heterocycles. The van der Waals surface area contributed by atoms with Gasteiger partial charge in [0, 0.05) is 6.92 Å². The van der Waals surface area contributed by atoms with Crippen LogP contribution in [-0.2, 0) is 9.53 Å². The lowest BCUT2D eigenvalue weighted by Crippen LogP contribution is -1.97. The van der Waals surface area contributed by atoms with Gasteiger partial charge in [-0.3, -0.25) is 4.79 Å². The van der Waals surface area contributed by atoms with E-state index in [1.165, 1.54) is 50.2 Å². The van der Waals surface area contributed by atoms with E-state index in [9.17, 15) is 4.79 Å². The summed E-state index contributed by atoms with van der Waals surface area (Å²) < 4.78 is 10.7. The van der Waals surface area contributed by atoms with E-state index >= 15 is 0 Å². The molecular weight excluding hydrogens is 348 g/mol. The fourth-order valence-electron chi connectivity index (χ4n) is 2.95. The minimum absolute atomic E-state index is 0.264. The summed E-state index contributed by atoms with van der Waals surface area (Å²) in [6, 6.07) is 16.6. The van der Waals surface area contributed by atoms with E-state index in [1.54, 1.807) is 0 Å². The molecule has 0 radical (unpaired) electrons. The average Bonchev–Trinajstić information content (AvgIpc) is 2.71. The zero-order chi connectivity index (χ0) is 20.0. The normalized spacial score (nSPS) is 10.9. The summed E-state index contributed by atoms with van der Waals surface area (Å²) in [5.41, 5.74) is 3.41. The topological polar surface area (TPSA) is 35.5 Å². The number of rotatable bonds is 12. The molecule has 2 aromatic rings. The van der Waals surface area contributed by atoms with Gasteiger partial charge in [0.2, 0.25) is 0 Å². The second-order valence-electron chi connectivity index (χ2n) is 6.97. The molecule has 2 aromatic carbocycles. The molecule has 0 saturated heterocycles. The fourth-order valence-corrected chi connectivity index (χ4v) is 2.95. The van der Waals surface area contributed by atoms with Crippen LogP contribution in [-0.4, -0.2) is 19.2 Å². The van der Waals surface area contributed by atoms with Crippen LogP contribution in [0.2, 0.25) is 0 Å². The van der Waals surface area contributed by atoms with Gasteiger partial charge in [0.1, 0.15) is 12.4 Å². The Labute approximate surface area is 169 Å². The van der Waals surface area contributed by atoms with E-state index in [1.807, 2.05) is 24.3 Å². The van der Waals surface area contributed by atoms with Crippen LogP contribution in [0.5, 0.6) is 5.75 Å². The second-order valence-corrected chi connectivity index (χ2v) is 6.97. The van der Waals surface area contributed by atoms with E-state index in [0.29, 0.717) is 6.61 Å². The van der Waals surface area contributed by atoms with Gasteiger partial charge >= 0.3 is 5.97 Å². The first-order chi connectivity index (χ1) is 13.7. The minimum Gasteiger partial charge on any atom is -0.494 e. The molecule has 150 valence electrons. The van der Waals surface area contributed by atoms with Gasteiger partial charge in [-0.05, 0) is 41.3 Å². The fraction of sp³-hybridized carbons (Fsp3) is 0.400. The summed E-state index contributed by atoms with van der Waals surface area (Å²) in [4.78, 5) is 10.7. The molecule has 0 bridgehead atoms. The van der Waals surface area contributed by atoms with Crippen LogP contribution in [0.4, 0.5) is 0 Å². The Hall–Kier alpha value is -2.55. The van der Waals surface area contributed by atoms with Crippen molar-refractivity contribution in [3.05, 3.63) is 60.2 Å². The molecule has 0 aliphatic rings. The summed E-state index contributed by atoms with van der Waals surface area (Å²) in [6.07, 6.45) is 11.4. The third-order valence-electron chi connectivity index (χ3n) is 4.56. The quantitative estimate of drug-likeness (QED) is 0.305. The summed E-state index contributed by atoms with van der Waals surface area (Å²) in [5, 5.41) is 0. The first kappa shape index (κ1) is 21.7. The summed E-state index contributed by atoms with van der Waals surface area (Å²) >= 11 is 0. The average molecular weight is 381 g/mol. The first-order valence-corrected chi connectivity index (χ1v) is 10.3. The van der Waals surface area contributed by atoms with Crippen molar-refractivity contribution in [2.75, 3.05) is 13.2 Å². The van der Waals surface area contributed by atoms with Crippen LogP contribution < -0.4 is 4.74 Å². The standard InChI is InChI=1S/C25H32O3/c1-3-4-5-6-7-8-19-28-25-17-15-24(16-18-25)23-13-11-22(12-14-23)10-9-20-27-21(2)26/h9-18H,3-8,19-20H2,1-2H3/b10-9+. The molecule has 0 aliphatic heterocycles. The van der Waals surface area contributed by atoms with Crippen molar-refractivity contribution in [2.45, 2.75) is 52.4 Å². The Morgan fingerprint density at radius 3 is 2.11 bits per heavy atom. The highest BCUT2D eigenvalue weighted by Gasteiger charge is 2.00. The van der Waals surface area contributed by atoms with Crippen molar-refractivity contribution in [3.8, 4) is 16.9 Å². The van der Waals surface area contributed by atoms with Gasteiger partial charge in [-0.2, -0.15) is 0 Å². The molecule has 0 aliphatic carbocycles. The highest BCUT2D eigenvalue weighted by molar-refractivity contribution is 5.67. The smallest absolute Gasteiger partial charge is 0.302 e. The van der Waals surface area contributed by atoms with Crippen LogP contribution in [0.1, 0.15) is 57.9 Å². The Bertz CT molecular complexity index is 714. The number of hydrogen-bond acceptors (Lipinski definition) is 3. The molecule has 0 amide bonds. The predicted molar refractivity (Wildman–Crippen MR) is 116 cm³/mol. The third-order valence-corrected chi connectivity index (χ3v) is 4.56. The summed E-state index contributed by atoms with van der Waals surface area (Å²) in [6.45, 7) is 4.75. The van der Waals surface area contributed by atoms with Gasteiger partial charge in [0.15, 0.2) is 0 Å². The van der Waals surface area contributed by atoms with Crippen LogP contribution in [0.3, 0.4) is 0 Å². The second kappa shape index (κ2) is 12.8. The molecule has 0 saturated carbocycles. The number of carbonyl (C=O) groups is 1. The van der Waals surface area contributed by atoms with Crippen molar-refractivity contribution >= 4 is 12.0 Å². The Morgan fingerprint density at radius 2 is 1.46 bits per heavy atom. The van der Waals surface area contributed by atoms with E-state index in [2.05, 4.69) is 43.3 Å². The molecule has 3 nitrogen and oxygen atoms in total. The lowest BCUT2D eigenvalue weighted by molar-refractivity contribution is -0.139. The number of esters is 1. The third kappa shape index (κ3) is 8.43. The van der Waals surface area contributed by atoms with Crippen molar-refractivity contribution < 1.29 is 14.3 Å². The Morgan fingerprint density at radius 1 is 0.857 bits per heavy atom. The highest BCUT2D eigenvalue weighted by Crippen LogP contribution is 2.23. The molecule has 0 N–H and O–H groups in total. The van der Waals surface area contributed by atoms with E-state index < -0.39 is 0 Å². The number of unbranched alkanes of at least 4 members (excludes halogenated alkanes) is 5. The van der Waals surface area contributed by atoms with Gasteiger partial charge < -0.3 is 9.47 Å². The Kier molecular flexibility index (Phi) is 9.92. The molecule has 0 fully saturated rings. The zero-order valence-electron chi connectivity index (χ0n) is 17.2. The number of carbonyl (C=O) groups excluding carboxylic acids is 1. The van der Waals surface area contributed by atoms with Gasteiger partial charge in [0.25, 0.3) is 0 Å². The maximum Gasteiger partial charge on any atom is 0.302 e. The van der Waals surface area contributed by atoms with E-state index in [4.69, 9.17) is 9.47 Å². The molecule has 2 rings (SSSR count). The van der Waals surface area contributed by atoms with Crippen LogP contribution in [0.15, 0.2) is 54.6 Å². The van der Waals surface area contributed by atoms with Crippen molar-refractivity contribution in [3.63, 3.8) is 0 Å². The number of benzene rings is 2. The largest absolute Gasteiger partial charge is 0.494 e. The monoisotopic (exact) mass is 380 g/mol. The van der Waals surface area contributed by atoms with Gasteiger partial charge in [-0.1, -0.05) is 81.5 Å². The van der Waals surface area contributed by atoms with Gasteiger partial charge in [-0.15, -0.1) is 0 Å². The molecule has 0 aromatic heterocycles. The highest BCUT2D eigenvalue weighted by atomic mass is 16.5. The zero-order valence-corrected chi connectivity index (χ0v) is 17.2. The van der Waals surface area contributed by atoms with E-state index in [0.717, 1.165) is 24.3 Å². The lowest BCUT2D eigenvalue weighted by atomic mass is 10.0. The maximum atomic E-state index is 10.7. The molecule has 28 heavy (non-hydrogen) atoms. The maximum absolute atomic E-state index is 10.7. The van der Waals surface area contributed by atoms with Crippen molar-refractivity contribution in [1.82, 2.24) is 0 Å². The predicted octanol–water partition coefficient (Wildman–Crippen LogP) is 6.67. The van der Waals surface area contributed by atoms with Gasteiger partial charge in [0.05, 0.1) is 6.61 Å². The number of hydrogen-bond donors (Lipinski definition) is 0. The Balaban J connectivity index is 1.77. The van der Waals surface area contributed by atoms with Crippen LogP contribution in [0.25, 0.3) is 17.2 Å². The molecule has 0 unspecified atom stereocenters. The van der Waals surface area contributed by atoms with Crippen LogP contribution >= 0.6 is 0 Å². The minimum atomic E-state index is -0.264. The first-order valence-electron chi connectivity index (χ1n) is 10.3. The van der Waals surface area contributed by atoms with Crippen molar-refractivity contribution in [2.24, 2.45) is 0 Å². The summed E-state index contributed by atoms with van der Waals surface area (Å²) in [5.74, 6) is 0.668.